The van der Waals surface area contributed by atoms with E-state index < -0.39 is 0 Å². The van der Waals surface area contributed by atoms with Crippen LogP contribution in [0.3, 0.4) is 0 Å². The van der Waals surface area contributed by atoms with Crippen molar-refractivity contribution in [2.24, 2.45) is 0 Å². The molecule has 0 aliphatic carbocycles. The molecule has 1 heterocycles. The second-order valence-electron chi connectivity index (χ2n) is 8.31. The molecule has 6 nitrogen and oxygen atoms in total. The van der Waals surface area contributed by atoms with E-state index in [0.717, 1.165) is 27.8 Å². The molecule has 5 aromatic rings. The predicted molar refractivity (Wildman–Crippen MR) is 139 cm³/mol. The van der Waals surface area contributed by atoms with Crippen molar-refractivity contribution < 1.29 is 9.59 Å². The van der Waals surface area contributed by atoms with E-state index in [1.807, 2.05) is 85.3 Å². The number of rotatable bonds is 5. The number of aryl methyl sites for hydroxylation is 1. The third-order valence-corrected chi connectivity index (χ3v) is 5.95. The minimum atomic E-state index is -0.273. The number of hydrogen-bond donors (Lipinski definition) is 2. The van der Waals surface area contributed by atoms with Gasteiger partial charge in [-0.05, 0) is 61.0 Å². The summed E-state index contributed by atoms with van der Waals surface area (Å²) in [5, 5.41) is 12.4. The Morgan fingerprint density at radius 1 is 0.743 bits per heavy atom. The van der Waals surface area contributed by atoms with Gasteiger partial charge in [0, 0.05) is 16.8 Å². The smallest absolute Gasteiger partial charge is 0.256 e. The highest BCUT2D eigenvalue weighted by Crippen LogP contribution is 2.24. The predicted octanol–water partition coefficient (Wildman–Crippen LogP) is 6.15. The van der Waals surface area contributed by atoms with Crippen molar-refractivity contribution in [2.45, 2.75) is 13.8 Å². The van der Waals surface area contributed by atoms with E-state index in [1.54, 1.807) is 30.3 Å². The van der Waals surface area contributed by atoms with Crippen LogP contribution >= 0.6 is 0 Å². The fraction of sp³-hybridized carbons (Fsp3) is 0.0690. The van der Waals surface area contributed by atoms with Gasteiger partial charge in [-0.3, -0.25) is 9.59 Å². The van der Waals surface area contributed by atoms with Gasteiger partial charge in [0.25, 0.3) is 11.8 Å². The number of fused-ring (bicyclic) bond motifs is 1. The Kier molecular flexibility index (Phi) is 5.85. The third kappa shape index (κ3) is 4.42. The van der Waals surface area contributed by atoms with Gasteiger partial charge in [0.05, 0.1) is 22.8 Å². The highest BCUT2D eigenvalue weighted by molar-refractivity contribution is 6.13. The molecule has 5 rings (SSSR count). The van der Waals surface area contributed by atoms with Crippen molar-refractivity contribution in [3.05, 3.63) is 120 Å². The van der Waals surface area contributed by atoms with E-state index in [1.165, 1.54) is 0 Å². The van der Waals surface area contributed by atoms with Crippen molar-refractivity contribution in [1.29, 1.82) is 0 Å². The number of para-hydroxylation sites is 1. The van der Waals surface area contributed by atoms with Gasteiger partial charge in [0.1, 0.15) is 0 Å². The van der Waals surface area contributed by atoms with Gasteiger partial charge >= 0.3 is 0 Å². The van der Waals surface area contributed by atoms with Crippen LogP contribution in [0.4, 0.5) is 11.4 Å². The van der Waals surface area contributed by atoms with Gasteiger partial charge in [-0.15, -0.1) is 0 Å². The molecule has 0 atom stereocenters. The topological polar surface area (TPSA) is 76.0 Å². The molecule has 0 spiro atoms. The molecule has 0 aliphatic heterocycles. The van der Waals surface area contributed by atoms with Crippen LogP contribution in [0.5, 0.6) is 0 Å². The fourth-order valence-electron chi connectivity index (χ4n) is 4.19. The zero-order valence-corrected chi connectivity index (χ0v) is 19.4. The van der Waals surface area contributed by atoms with Gasteiger partial charge in [-0.25, -0.2) is 4.68 Å². The number of aromatic nitrogens is 2. The first-order valence-corrected chi connectivity index (χ1v) is 11.3. The second kappa shape index (κ2) is 9.27. The number of anilines is 2. The normalized spacial score (nSPS) is 10.8. The van der Waals surface area contributed by atoms with Gasteiger partial charge in [0.15, 0.2) is 0 Å². The summed E-state index contributed by atoms with van der Waals surface area (Å²) in [5.74, 6) is -0.500. The van der Waals surface area contributed by atoms with Crippen molar-refractivity contribution >= 4 is 34.0 Å². The summed E-state index contributed by atoms with van der Waals surface area (Å²) in [6, 6.07) is 30.1. The zero-order chi connectivity index (χ0) is 24.4. The fourth-order valence-corrected chi connectivity index (χ4v) is 4.19. The molecule has 0 saturated carbocycles. The molecule has 0 radical (unpaired) electrons. The monoisotopic (exact) mass is 460 g/mol. The standard InChI is InChI=1S/C29H24N4O2/c1-19-27(20(2)33(32-19)24-14-4-3-5-15-24)31-28(34)22-12-8-13-23(18-22)30-29(35)26-17-9-11-21-10-6-7-16-25(21)26/h3-18H,1-2H3,(H,30,35)(H,31,34). The summed E-state index contributed by atoms with van der Waals surface area (Å²) in [6.07, 6.45) is 0. The molecular formula is C29H24N4O2. The van der Waals surface area contributed by atoms with Crippen LogP contribution in [0.1, 0.15) is 32.1 Å². The molecule has 1 aromatic heterocycles. The molecule has 2 amide bonds. The summed E-state index contributed by atoms with van der Waals surface area (Å²) in [5.41, 5.74) is 4.71. The molecule has 4 aromatic carbocycles. The van der Waals surface area contributed by atoms with Crippen LogP contribution in [-0.2, 0) is 0 Å². The third-order valence-electron chi connectivity index (χ3n) is 5.95. The quantitative estimate of drug-likeness (QED) is 0.330. The molecule has 0 fully saturated rings. The number of amides is 2. The maximum absolute atomic E-state index is 13.1. The molecule has 2 N–H and O–H groups in total. The van der Waals surface area contributed by atoms with E-state index >= 15 is 0 Å². The minimum Gasteiger partial charge on any atom is -0.322 e. The Morgan fingerprint density at radius 2 is 1.46 bits per heavy atom. The molecular weight excluding hydrogens is 436 g/mol. The van der Waals surface area contributed by atoms with Crippen LogP contribution in [0.15, 0.2) is 97.1 Å². The molecule has 0 bridgehead atoms. The lowest BCUT2D eigenvalue weighted by Crippen LogP contribution is -2.15. The van der Waals surface area contributed by atoms with Crippen LogP contribution in [0.25, 0.3) is 16.5 Å². The van der Waals surface area contributed by atoms with Crippen molar-refractivity contribution in [1.82, 2.24) is 9.78 Å². The van der Waals surface area contributed by atoms with E-state index in [0.29, 0.717) is 22.5 Å². The van der Waals surface area contributed by atoms with E-state index in [9.17, 15) is 9.59 Å². The Bertz CT molecular complexity index is 1550. The Morgan fingerprint density at radius 3 is 2.29 bits per heavy atom. The summed E-state index contributed by atoms with van der Waals surface area (Å²) in [4.78, 5) is 26.1. The van der Waals surface area contributed by atoms with E-state index in [-0.39, 0.29) is 11.8 Å². The van der Waals surface area contributed by atoms with Gasteiger partial charge in [-0.2, -0.15) is 5.10 Å². The summed E-state index contributed by atoms with van der Waals surface area (Å²) in [7, 11) is 0. The number of nitrogens with zero attached hydrogens (tertiary/aromatic N) is 2. The Labute approximate surface area is 203 Å². The van der Waals surface area contributed by atoms with Crippen LogP contribution in [-0.4, -0.2) is 21.6 Å². The summed E-state index contributed by atoms with van der Waals surface area (Å²) in [6.45, 7) is 3.78. The lowest BCUT2D eigenvalue weighted by atomic mass is 10.0. The first kappa shape index (κ1) is 22.1. The summed E-state index contributed by atoms with van der Waals surface area (Å²) >= 11 is 0. The number of benzene rings is 4. The molecule has 35 heavy (non-hydrogen) atoms. The molecule has 0 aliphatic rings. The van der Waals surface area contributed by atoms with Crippen LogP contribution in [0.2, 0.25) is 0 Å². The summed E-state index contributed by atoms with van der Waals surface area (Å²) < 4.78 is 1.81. The lowest BCUT2D eigenvalue weighted by molar-refractivity contribution is 0.101. The first-order chi connectivity index (χ1) is 17.0. The second-order valence-corrected chi connectivity index (χ2v) is 8.31. The van der Waals surface area contributed by atoms with E-state index in [2.05, 4.69) is 15.7 Å². The van der Waals surface area contributed by atoms with Gasteiger partial charge in [-0.1, -0.05) is 60.7 Å². The number of nitrogens with one attached hydrogen (secondary N) is 2. The largest absolute Gasteiger partial charge is 0.322 e. The first-order valence-electron chi connectivity index (χ1n) is 11.3. The highest BCUT2D eigenvalue weighted by atomic mass is 16.2. The maximum atomic E-state index is 13.1. The minimum absolute atomic E-state index is 0.227. The average molecular weight is 461 g/mol. The van der Waals surface area contributed by atoms with Crippen LogP contribution in [0, 0.1) is 13.8 Å². The van der Waals surface area contributed by atoms with Crippen molar-refractivity contribution in [3.8, 4) is 5.69 Å². The Hall–Kier alpha value is -4.71. The molecule has 0 unspecified atom stereocenters. The van der Waals surface area contributed by atoms with Gasteiger partial charge in [0.2, 0.25) is 0 Å². The molecule has 0 saturated heterocycles. The average Bonchev–Trinajstić information content (AvgIpc) is 3.17. The maximum Gasteiger partial charge on any atom is 0.256 e. The van der Waals surface area contributed by atoms with Crippen molar-refractivity contribution in [3.63, 3.8) is 0 Å². The number of hydrogen-bond acceptors (Lipinski definition) is 3. The zero-order valence-electron chi connectivity index (χ0n) is 19.4. The van der Waals surface area contributed by atoms with Crippen LogP contribution < -0.4 is 10.6 Å². The lowest BCUT2D eigenvalue weighted by Gasteiger charge is -2.10. The highest BCUT2D eigenvalue weighted by Gasteiger charge is 2.17. The van der Waals surface area contributed by atoms with E-state index in [4.69, 9.17) is 0 Å². The van der Waals surface area contributed by atoms with Crippen molar-refractivity contribution in [2.75, 3.05) is 10.6 Å². The number of carbonyl (C=O) groups excluding carboxylic acids is 2. The van der Waals surface area contributed by atoms with Gasteiger partial charge < -0.3 is 10.6 Å². The number of carbonyl (C=O) groups is 2. The SMILES string of the molecule is Cc1nn(-c2ccccc2)c(C)c1NC(=O)c1cccc(NC(=O)c2cccc3ccccc23)c1. The Balaban J connectivity index is 1.36. The molecule has 172 valence electrons. The molecule has 6 heteroatoms.